The topological polar surface area (TPSA) is 71.5 Å². The summed E-state index contributed by atoms with van der Waals surface area (Å²) in [5, 5.41) is 6.81. The summed E-state index contributed by atoms with van der Waals surface area (Å²) in [7, 11) is 0. The van der Waals surface area contributed by atoms with Crippen molar-refractivity contribution in [1.29, 1.82) is 0 Å². The Morgan fingerprint density at radius 3 is 2.48 bits per heavy atom. The number of rotatable bonds is 6. The third-order valence-corrected chi connectivity index (χ3v) is 6.68. The average Bonchev–Trinajstić information content (AvgIpc) is 2.79. The first kappa shape index (κ1) is 20.5. The monoisotopic (exact) mass is 423 g/mol. The van der Waals surface area contributed by atoms with Gasteiger partial charge in [-0.3, -0.25) is 0 Å². The SMILES string of the molecule is C[C@H]1CC[C@H](Nc2ncc(-c3ccc(N4CCOCC4)cc3)c(OC3CNC3)n2)CC1. The maximum Gasteiger partial charge on any atom is 0.226 e. The number of nitrogens with one attached hydrogen (secondary N) is 2. The van der Waals surface area contributed by atoms with E-state index in [4.69, 9.17) is 14.5 Å². The normalized spacial score (nSPS) is 24.5. The van der Waals surface area contributed by atoms with E-state index in [1.807, 2.05) is 6.20 Å². The van der Waals surface area contributed by atoms with E-state index in [0.29, 0.717) is 17.9 Å². The fraction of sp³-hybridized carbons (Fsp3) is 0.583. The third-order valence-electron chi connectivity index (χ3n) is 6.68. The molecular formula is C24H33N5O2. The largest absolute Gasteiger partial charge is 0.471 e. The van der Waals surface area contributed by atoms with Gasteiger partial charge in [-0.2, -0.15) is 4.98 Å². The van der Waals surface area contributed by atoms with Crippen molar-refractivity contribution >= 4 is 11.6 Å². The molecule has 0 bridgehead atoms. The summed E-state index contributed by atoms with van der Waals surface area (Å²) in [5.41, 5.74) is 3.25. The van der Waals surface area contributed by atoms with Gasteiger partial charge in [0.1, 0.15) is 6.10 Å². The number of morpholine rings is 1. The fourth-order valence-electron chi connectivity index (χ4n) is 4.49. The second kappa shape index (κ2) is 9.40. The molecule has 1 saturated carbocycles. The molecule has 0 amide bonds. The number of ether oxygens (including phenoxy) is 2. The first-order chi connectivity index (χ1) is 15.2. The maximum atomic E-state index is 6.25. The van der Waals surface area contributed by atoms with Gasteiger partial charge < -0.3 is 25.0 Å². The summed E-state index contributed by atoms with van der Waals surface area (Å²) in [4.78, 5) is 11.8. The Labute approximate surface area is 184 Å². The molecule has 2 aliphatic heterocycles. The van der Waals surface area contributed by atoms with Crippen LogP contribution in [0.5, 0.6) is 5.88 Å². The van der Waals surface area contributed by atoms with Crippen molar-refractivity contribution in [2.24, 2.45) is 5.92 Å². The van der Waals surface area contributed by atoms with Gasteiger partial charge in [-0.15, -0.1) is 0 Å². The van der Waals surface area contributed by atoms with E-state index in [-0.39, 0.29) is 6.10 Å². The van der Waals surface area contributed by atoms with E-state index in [2.05, 4.69) is 51.7 Å². The molecule has 3 fully saturated rings. The fourth-order valence-corrected chi connectivity index (χ4v) is 4.49. The molecule has 7 heteroatoms. The summed E-state index contributed by atoms with van der Waals surface area (Å²) < 4.78 is 11.7. The summed E-state index contributed by atoms with van der Waals surface area (Å²) >= 11 is 0. The smallest absolute Gasteiger partial charge is 0.226 e. The molecule has 0 spiro atoms. The predicted octanol–water partition coefficient (Wildman–Crippen LogP) is 3.32. The van der Waals surface area contributed by atoms with Crippen LogP contribution in [-0.4, -0.2) is 61.5 Å². The standard InChI is InChI=1S/C24H33N5O2/c1-17-2-6-19(7-3-17)27-24-26-16-22(23(28-24)31-21-14-25-15-21)18-4-8-20(9-5-18)29-10-12-30-13-11-29/h4-5,8-9,16-17,19,21,25H,2-3,6-7,10-15H2,1H3,(H,26,27,28)/t17-,19-. The summed E-state index contributed by atoms with van der Waals surface area (Å²) in [5.74, 6) is 2.18. The van der Waals surface area contributed by atoms with Crippen LogP contribution >= 0.6 is 0 Å². The first-order valence-corrected chi connectivity index (χ1v) is 11.7. The number of nitrogens with zero attached hydrogens (tertiary/aromatic N) is 3. The van der Waals surface area contributed by atoms with E-state index in [1.165, 1.54) is 31.4 Å². The molecule has 1 aliphatic carbocycles. The van der Waals surface area contributed by atoms with Crippen molar-refractivity contribution in [2.75, 3.05) is 49.6 Å². The lowest BCUT2D eigenvalue weighted by Crippen LogP contribution is -2.50. The van der Waals surface area contributed by atoms with E-state index in [1.54, 1.807) is 0 Å². The van der Waals surface area contributed by atoms with Crippen molar-refractivity contribution < 1.29 is 9.47 Å². The second-order valence-electron chi connectivity index (χ2n) is 9.06. The number of aromatic nitrogens is 2. The Balaban J connectivity index is 1.35. The van der Waals surface area contributed by atoms with Crippen LogP contribution in [0.3, 0.4) is 0 Å². The minimum Gasteiger partial charge on any atom is -0.471 e. The van der Waals surface area contributed by atoms with Gasteiger partial charge in [0.2, 0.25) is 11.8 Å². The van der Waals surface area contributed by atoms with E-state index in [0.717, 1.165) is 56.4 Å². The van der Waals surface area contributed by atoms with Crippen LogP contribution in [0.4, 0.5) is 11.6 Å². The van der Waals surface area contributed by atoms with Gasteiger partial charge in [0.15, 0.2) is 0 Å². The highest BCUT2D eigenvalue weighted by atomic mass is 16.5. The van der Waals surface area contributed by atoms with Crippen molar-refractivity contribution in [2.45, 2.75) is 44.8 Å². The molecule has 166 valence electrons. The van der Waals surface area contributed by atoms with Gasteiger partial charge in [0.05, 0.1) is 18.8 Å². The van der Waals surface area contributed by atoms with Gasteiger partial charge in [-0.1, -0.05) is 19.1 Å². The van der Waals surface area contributed by atoms with Gasteiger partial charge in [0.25, 0.3) is 0 Å². The predicted molar refractivity (Wildman–Crippen MR) is 123 cm³/mol. The van der Waals surface area contributed by atoms with Gasteiger partial charge >= 0.3 is 0 Å². The highest BCUT2D eigenvalue weighted by Crippen LogP contribution is 2.32. The molecule has 2 saturated heterocycles. The van der Waals surface area contributed by atoms with Crippen LogP contribution in [0, 0.1) is 5.92 Å². The lowest BCUT2D eigenvalue weighted by Gasteiger charge is -2.30. The summed E-state index contributed by atoms with van der Waals surface area (Å²) in [6, 6.07) is 9.08. The highest BCUT2D eigenvalue weighted by Gasteiger charge is 2.23. The van der Waals surface area contributed by atoms with Crippen LogP contribution in [0.2, 0.25) is 0 Å². The number of hydrogen-bond donors (Lipinski definition) is 2. The molecule has 0 atom stereocenters. The van der Waals surface area contributed by atoms with E-state index < -0.39 is 0 Å². The molecule has 1 aromatic heterocycles. The second-order valence-corrected chi connectivity index (χ2v) is 9.06. The van der Waals surface area contributed by atoms with E-state index in [9.17, 15) is 0 Å². The molecule has 3 heterocycles. The zero-order valence-electron chi connectivity index (χ0n) is 18.3. The molecule has 2 aromatic rings. The highest BCUT2D eigenvalue weighted by molar-refractivity contribution is 5.70. The van der Waals surface area contributed by atoms with Gasteiger partial charge in [0, 0.05) is 44.1 Å². The quantitative estimate of drug-likeness (QED) is 0.738. The van der Waals surface area contributed by atoms with Crippen LogP contribution in [0.15, 0.2) is 30.5 Å². The van der Waals surface area contributed by atoms with Crippen LogP contribution in [0.25, 0.3) is 11.1 Å². The lowest BCUT2D eigenvalue weighted by atomic mass is 9.87. The zero-order valence-corrected chi connectivity index (χ0v) is 18.3. The van der Waals surface area contributed by atoms with Crippen molar-refractivity contribution in [3.8, 4) is 17.0 Å². The first-order valence-electron chi connectivity index (χ1n) is 11.7. The van der Waals surface area contributed by atoms with Gasteiger partial charge in [-0.05, 0) is 49.3 Å². The van der Waals surface area contributed by atoms with Crippen molar-refractivity contribution in [1.82, 2.24) is 15.3 Å². The number of hydrogen-bond acceptors (Lipinski definition) is 7. The molecule has 5 rings (SSSR count). The summed E-state index contributed by atoms with van der Waals surface area (Å²) in [6.45, 7) is 7.52. The van der Waals surface area contributed by atoms with Crippen LogP contribution in [-0.2, 0) is 4.74 Å². The number of anilines is 2. The Morgan fingerprint density at radius 1 is 1.06 bits per heavy atom. The lowest BCUT2D eigenvalue weighted by molar-refractivity contribution is 0.122. The van der Waals surface area contributed by atoms with E-state index >= 15 is 0 Å². The average molecular weight is 424 g/mol. The molecule has 1 aromatic carbocycles. The van der Waals surface area contributed by atoms with Crippen LogP contribution < -0.4 is 20.3 Å². The molecule has 7 nitrogen and oxygen atoms in total. The van der Waals surface area contributed by atoms with Gasteiger partial charge in [-0.25, -0.2) is 4.98 Å². The molecule has 0 radical (unpaired) electrons. The third kappa shape index (κ3) is 4.93. The molecule has 2 N–H and O–H groups in total. The zero-order chi connectivity index (χ0) is 21.0. The Kier molecular flexibility index (Phi) is 6.22. The number of benzene rings is 1. The Bertz CT molecular complexity index is 857. The maximum absolute atomic E-state index is 6.25. The van der Waals surface area contributed by atoms with Crippen LogP contribution in [0.1, 0.15) is 32.6 Å². The summed E-state index contributed by atoms with van der Waals surface area (Å²) in [6.07, 6.45) is 6.97. The molecule has 3 aliphatic rings. The Morgan fingerprint density at radius 2 is 1.81 bits per heavy atom. The van der Waals surface area contributed by atoms with Crippen molar-refractivity contribution in [3.05, 3.63) is 30.5 Å². The molecular weight excluding hydrogens is 390 g/mol. The Hall–Kier alpha value is -2.38. The minimum absolute atomic E-state index is 0.171. The molecule has 31 heavy (non-hydrogen) atoms. The van der Waals surface area contributed by atoms with Crippen molar-refractivity contribution in [3.63, 3.8) is 0 Å². The molecule has 0 unspecified atom stereocenters. The minimum atomic E-state index is 0.171.